The molecule has 1 aromatic heterocycles. The van der Waals surface area contributed by atoms with Crippen LogP contribution in [0.15, 0.2) is 12.3 Å². The Bertz CT molecular complexity index is 310. The van der Waals surface area contributed by atoms with Crippen LogP contribution in [0.3, 0.4) is 0 Å². The van der Waals surface area contributed by atoms with E-state index in [1.54, 1.807) is 6.20 Å². The van der Waals surface area contributed by atoms with E-state index < -0.39 is 0 Å². The first kappa shape index (κ1) is 6.10. The highest BCUT2D eigenvalue weighted by molar-refractivity contribution is 5.44. The summed E-state index contributed by atoms with van der Waals surface area (Å²) in [5.74, 6) is 1.10. The number of anilines is 1. The van der Waals surface area contributed by atoms with Crippen molar-refractivity contribution in [3.63, 3.8) is 0 Å². The quantitative estimate of drug-likeness (QED) is 0.530. The number of hydrogen-bond acceptors (Lipinski definition) is 4. The third-order valence-corrected chi connectivity index (χ3v) is 1.51. The number of hydrogen-bond donors (Lipinski definition) is 0. The molecule has 0 atom stereocenters. The molecule has 1 aliphatic rings. The van der Waals surface area contributed by atoms with Crippen molar-refractivity contribution in [1.82, 2.24) is 9.97 Å². The maximum Gasteiger partial charge on any atom is 0.234 e. The highest BCUT2D eigenvalue weighted by Gasteiger charge is 2.19. The molecular weight excluding hydrogens is 140 g/mol. The average Bonchev–Trinajstić information content (AvgIpc) is 2.87. The van der Waals surface area contributed by atoms with E-state index in [0.29, 0.717) is 0 Å². The summed E-state index contributed by atoms with van der Waals surface area (Å²) in [6.45, 7) is 2.09. The third-order valence-electron chi connectivity index (χ3n) is 1.51. The van der Waals surface area contributed by atoms with Crippen molar-refractivity contribution in [3.05, 3.63) is 18.1 Å². The topological polar surface area (TPSA) is 52.6 Å². The molecule has 0 bridgehead atoms. The Morgan fingerprint density at radius 3 is 3.00 bits per heavy atom. The minimum absolute atomic E-state index is 0.245. The first-order valence-corrected chi connectivity index (χ1v) is 3.38. The van der Waals surface area contributed by atoms with Gasteiger partial charge in [0.2, 0.25) is 5.82 Å². The molecule has 0 spiro atoms. The predicted molar refractivity (Wildman–Crippen MR) is 39.0 cm³/mol. The molecule has 1 aliphatic heterocycles. The molecule has 11 heavy (non-hydrogen) atoms. The van der Waals surface area contributed by atoms with E-state index in [-0.39, 0.29) is 5.82 Å². The molecular formula is C7H6N4. The van der Waals surface area contributed by atoms with Crippen LogP contribution in [0, 0.1) is 11.3 Å². The molecule has 0 amide bonds. The summed E-state index contributed by atoms with van der Waals surface area (Å²) >= 11 is 0. The van der Waals surface area contributed by atoms with Crippen LogP contribution in [0.2, 0.25) is 0 Å². The standard InChI is InChI=1S/C7H6N4/c8-5-6-9-2-1-7(10-6)11-3-4-11/h1-2H,3-4H2. The van der Waals surface area contributed by atoms with Gasteiger partial charge in [0.25, 0.3) is 0 Å². The number of rotatable bonds is 1. The predicted octanol–water partition coefficient (Wildman–Crippen LogP) is 0.168. The Kier molecular flexibility index (Phi) is 1.22. The SMILES string of the molecule is N#Cc1nccc(N2CC2)n1. The lowest BCUT2D eigenvalue weighted by Crippen LogP contribution is -1.97. The van der Waals surface area contributed by atoms with Crippen LogP contribution in [-0.4, -0.2) is 23.1 Å². The summed E-state index contributed by atoms with van der Waals surface area (Å²) in [5, 5.41) is 8.47. The van der Waals surface area contributed by atoms with Gasteiger partial charge in [-0.1, -0.05) is 0 Å². The van der Waals surface area contributed by atoms with Gasteiger partial charge in [0, 0.05) is 19.3 Å². The average molecular weight is 146 g/mol. The van der Waals surface area contributed by atoms with Gasteiger partial charge < -0.3 is 4.90 Å². The molecule has 4 heteroatoms. The van der Waals surface area contributed by atoms with Gasteiger partial charge in [-0.25, -0.2) is 9.97 Å². The van der Waals surface area contributed by atoms with Crippen molar-refractivity contribution in [1.29, 1.82) is 5.26 Å². The molecule has 54 valence electrons. The second-order valence-corrected chi connectivity index (χ2v) is 2.34. The Hall–Kier alpha value is -1.63. The smallest absolute Gasteiger partial charge is 0.234 e. The van der Waals surface area contributed by atoms with Crippen molar-refractivity contribution in [2.75, 3.05) is 18.0 Å². The van der Waals surface area contributed by atoms with Crippen LogP contribution >= 0.6 is 0 Å². The normalized spacial score (nSPS) is 14.3. The molecule has 0 N–H and O–H groups in total. The molecule has 1 fully saturated rings. The van der Waals surface area contributed by atoms with Crippen LogP contribution in [0.4, 0.5) is 5.82 Å². The van der Waals surface area contributed by atoms with Gasteiger partial charge in [-0.05, 0) is 6.07 Å². The van der Waals surface area contributed by atoms with Gasteiger partial charge in [0.05, 0.1) is 0 Å². The molecule has 0 radical (unpaired) electrons. The monoisotopic (exact) mass is 146 g/mol. The molecule has 1 saturated heterocycles. The van der Waals surface area contributed by atoms with Crippen molar-refractivity contribution < 1.29 is 0 Å². The Morgan fingerprint density at radius 1 is 1.55 bits per heavy atom. The second kappa shape index (κ2) is 2.20. The minimum Gasteiger partial charge on any atom is -0.353 e. The highest BCUT2D eigenvalue weighted by atomic mass is 15.3. The van der Waals surface area contributed by atoms with E-state index in [1.165, 1.54) is 0 Å². The lowest BCUT2D eigenvalue weighted by molar-refractivity contribution is 1.09. The highest BCUT2D eigenvalue weighted by Crippen LogP contribution is 2.16. The maximum atomic E-state index is 8.47. The van der Waals surface area contributed by atoms with Gasteiger partial charge >= 0.3 is 0 Å². The summed E-state index contributed by atoms with van der Waals surface area (Å²) in [6.07, 6.45) is 1.61. The second-order valence-electron chi connectivity index (χ2n) is 2.34. The molecule has 0 saturated carbocycles. The zero-order chi connectivity index (χ0) is 7.68. The Labute approximate surface area is 64.1 Å². The van der Waals surface area contributed by atoms with E-state index in [4.69, 9.17) is 5.26 Å². The van der Waals surface area contributed by atoms with Gasteiger partial charge in [0.1, 0.15) is 11.9 Å². The first-order valence-electron chi connectivity index (χ1n) is 3.38. The van der Waals surface area contributed by atoms with Crippen molar-refractivity contribution >= 4 is 5.82 Å². The minimum atomic E-state index is 0.245. The molecule has 4 nitrogen and oxygen atoms in total. The molecule has 2 heterocycles. The molecule has 2 rings (SSSR count). The van der Waals surface area contributed by atoms with Crippen molar-refractivity contribution in [2.45, 2.75) is 0 Å². The molecule has 0 aliphatic carbocycles. The van der Waals surface area contributed by atoms with Crippen molar-refractivity contribution in [2.24, 2.45) is 0 Å². The fourth-order valence-corrected chi connectivity index (χ4v) is 0.858. The van der Waals surface area contributed by atoms with E-state index in [1.807, 2.05) is 12.1 Å². The Balaban J connectivity index is 2.35. The molecule has 0 aromatic carbocycles. The van der Waals surface area contributed by atoms with Crippen LogP contribution < -0.4 is 4.90 Å². The van der Waals surface area contributed by atoms with Crippen LogP contribution in [0.1, 0.15) is 5.82 Å². The fraction of sp³-hybridized carbons (Fsp3) is 0.286. The number of nitrogens with zero attached hydrogens (tertiary/aromatic N) is 4. The summed E-state index contributed by atoms with van der Waals surface area (Å²) in [6, 6.07) is 3.71. The van der Waals surface area contributed by atoms with Crippen LogP contribution in [0.25, 0.3) is 0 Å². The van der Waals surface area contributed by atoms with Crippen molar-refractivity contribution in [3.8, 4) is 6.07 Å². The maximum absolute atomic E-state index is 8.47. The van der Waals surface area contributed by atoms with E-state index in [0.717, 1.165) is 18.9 Å². The zero-order valence-corrected chi connectivity index (χ0v) is 5.86. The summed E-state index contributed by atoms with van der Waals surface area (Å²) in [5.41, 5.74) is 0. The van der Waals surface area contributed by atoms with Gasteiger partial charge in [-0.15, -0.1) is 0 Å². The summed E-state index contributed by atoms with van der Waals surface area (Å²) < 4.78 is 0. The molecule has 1 aromatic rings. The summed E-state index contributed by atoms with van der Waals surface area (Å²) in [7, 11) is 0. The van der Waals surface area contributed by atoms with Gasteiger partial charge in [0.15, 0.2) is 0 Å². The zero-order valence-electron chi connectivity index (χ0n) is 5.86. The third kappa shape index (κ3) is 1.13. The Morgan fingerprint density at radius 2 is 2.36 bits per heavy atom. The van der Waals surface area contributed by atoms with E-state index in [2.05, 4.69) is 14.9 Å². The van der Waals surface area contributed by atoms with E-state index >= 15 is 0 Å². The van der Waals surface area contributed by atoms with Gasteiger partial charge in [-0.2, -0.15) is 5.26 Å². The molecule has 0 unspecified atom stereocenters. The lowest BCUT2D eigenvalue weighted by Gasteiger charge is -1.98. The lowest BCUT2D eigenvalue weighted by atomic mass is 10.5. The fourth-order valence-electron chi connectivity index (χ4n) is 0.858. The van der Waals surface area contributed by atoms with Crippen LogP contribution in [-0.2, 0) is 0 Å². The number of aromatic nitrogens is 2. The van der Waals surface area contributed by atoms with Crippen LogP contribution in [0.5, 0.6) is 0 Å². The largest absolute Gasteiger partial charge is 0.353 e. The van der Waals surface area contributed by atoms with Gasteiger partial charge in [-0.3, -0.25) is 0 Å². The van der Waals surface area contributed by atoms with E-state index in [9.17, 15) is 0 Å². The first-order chi connectivity index (χ1) is 5.40. The number of nitriles is 1. The summed E-state index contributed by atoms with van der Waals surface area (Å²) in [4.78, 5) is 9.85.